The van der Waals surface area contributed by atoms with Gasteiger partial charge in [0.05, 0.1) is 11.1 Å². The van der Waals surface area contributed by atoms with Crippen LogP contribution < -0.4 is 15.0 Å². The van der Waals surface area contributed by atoms with Crippen molar-refractivity contribution in [2.45, 2.75) is 32.0 Å². The molecule has 1 aliphatic rings. The Hall–Kier alpha value is -4.08. The number of rotatable bonds is 6. The van der Waals surface area contributed by atoms with E-state index in [4.69, 9.17) is 4.74 Å². The van der Waals surface area contributed by atoms with Crippen LogP contribution in [0.25, 0.3) is 0 Å². The normalized spacial score (nSPS) is 14.2. The summed E-state index contributed by atoms with van der Waals surface area (Å²) in [5.41, 5.74) is 0.840. The summed E-state index contributed by atoms with van der Waals surface area (Å²) in [4.78, 5) is 33.6. The van der Waals surface area contributed by atoms with E-state index in [-0.39, 0.29) is 17.6 Å². The standard InChI is InChI=1S/C28H29F3N4O3/c1-18-9-10-21(33-26(36)19-6-4-7-20(16-19)28(29,30)31)17-24(18)38-22-11-14-35(15-12-22)27(37)23-8-5-13-32-25(23)34(2)3/h4-10,13,16-17,22H,11-12,14-15H2,1-3H3,(H,33,36). The van der Waals surface area contributed by atoms with Gasteiger partial charge in [-0.05, 0) is 48.9 Å². The van der Waals surface area contributed by atoms with Gasteiger partial charge in [0.25, 0.3) is 11.8 Å². The first-order chi connectivity index (χ1) is 18.0. The zero-order chi connectivity index (χ0) is 27.4. The van der Waals surface area contributed by atoms with E-state index < -0.39 is 17.6 Å². The zero-order valence-corrected chi connectivity index (χ0v) is 21.4. The van der Waals surface area contributed by atoms with E-state index in [1.807, 2.05) is 25.9 Å². The highest BCUT2D eigenvalue weighted by molar-refractivity contribution is 6.04. The zero-order valence-electron chi connectivity index (χ0n) is 21.4. The summed E-state index contributed by atoms with van der Waals surface area (Å²) in [6.07, 6.45) is -1.75. The smallest absolute Gasteiger partial charge is 0.416 e. The lowest BCUT2D eigenvalue weighted by molar-refractivity contribution is -0.137. The molecule has 7 nitrogen and oxygen atoms in total. The summed E-state index contributed by atoms with van der Waals surface area (Å²) >= 11 is 0. The Morgan fingerprint density at radius 2 is 1.79 bits per heavy atom. The Labute approximate surface area is 219 Å². The number of carbonyl (C=O) groups excluding carboxylic acids is 2. The first-order valence-corrected chi connectivity index (χ1v) is 12.2. The predicted octanol–water partition coefficient (Wildman–Crippen LogP) is 5.41. The van der Waals surface area contributed by atoms with Crippen LogP contribution in [0.5, 0.6) is 5.75 Å². The topological polar surface area (TPSA) is 74.8 Å². The number of likely N-dealkylation sites (tertiary alicyclic amines) is 1. The number of amides is 2. The molecule has 38 heavy (non-hydrogen) atoms. The van der Waals surface area contributed by atoms with Gasteiger partial charge in [-0.15, -0.1) is 0 Å². The second kappa shape index (κ2) is 11.1. The number of pyridine rings is 1. The van der Waals surface area contributed by atoms with Crippen molar-refractivity contribution in [3.05, 3.63) is 83.0 Å². The average molecular weight is 527 g/mol. The number of hydrogen-bond donors (Lipinski definition) is 1. The third-order valence-corrected chi connectivity index (χ3v) is 6.36. The number of alkyl halides is 3. The van der Waals surface area contributed by atoms with Gasteiger partial charge >= 0.3 is 6.18 Å². The molecule has 1 aliphatic heterocycles. The van der Waals surface area contributed by atoms with Crippen LogP contribution in [0.4, 0.5) is 24.7 Å². The van der Waals surface area contributed by atoms with Crippen molar-refractivity contribution in [3.8, 4) is 5.75 Å². The average Bonchev–Trinajstić information content (AvgIpc) is 2.90. The number of nitrogens with zero attached hydrogens (tertiary/aromatic N) is 3. The molecule has 2 amide bonds. The highest BCUT2D eigenvalue weighted by atomic mass is 19.4. The summed E-state index contributed by atoms with van der Waals surface area (Å²) in [6.45, 7) is 2.92. The fourth-order valence-corrected chi connectivity index (χ4v) is 4.29. The molecule has 0 aliphatic carbocycles. The minimum absolute atomic E-state index is 0.0734. The third-order valence-electron chi connectivity index (χ3n) is 6.36. The lowest BCUT2D eigenvalue weighted by Crippen LogP contribution is -2.42. The Kier molecular flexibility index (Phi) is 7.89. The van der Waals surface area contributed by atoms with Crippen molar-refractivity contribution < 1.29 is 27.5 Å². The van der Waals surface area contributed by atoms with Gasteiger partial charge in [0.15, 0.2) is 0 Å². The highest BCUT2D eigenvalue weighted by Crippen LogP contribution is 2.30. The fraction of sp³-hybridized carbons (Fsp3) is 0.321. The summed E-state index contributed by atoms with van der Waals surface area (Å²) < 4.78 is 45.2. The molecular weight excluding hydrogens is 497 g/mol. The largest absolute Gasteiger partial charge is 0.490 e. The van der Waals surface area contributed by atoms with E-state index in [1.165, 1.54) is 12.1 Å². The van der Waals surface area contributed by atoms with Gasteiger partial charge in [0.1, 0.15) is 17.7 Å². The van der Waals surface area contributed by atoms with Crippen molar-refractivity contribution >= 4 is 23.3 Å². The summed E-state index contributed by atoms with van der Waals surface area (Å²) in [5.74, 6) is 0.468. The van der Waals surface area contributed by atoms with Crippen LogP contribution in [0.1, 0.15) is 44.7 Å². The molecule has 1 aromatic heterocycles. The van der Waals surface area contributed by atoms with Crippen molar-refractivity contribution in [2.75, 3.05) is 37.4 Å². The van der Waals surface area contributed by atoms with E-state index in [9.17, 15) is 22.8 Å². The van der Waals surface area contributed by atoms with E-state index in [2.05, 4.69) is 10.3 Å². The summed E-state index contributed by atoms with van der Waals surface area (Å²) in [7, 11) is 3.69. The van der Waals surface area contributed by atoms with E-state index >= 15 is 0 Å². The van der Waals surface area contributed by atoms with Crippen LogP contribution in [-0.2, 0) is 6.18 Å². The number of piperidine rings is 1. The number of hydrogen-bond acceptors (Lipinski definition) is 5. The molecule has 3 aromatic rings. The number of benzene rings is 2. The van der Waals surface area contributed by atoms with Crippen LogP contribution in [0.15, 0.2) is 60.8 Å². The molecule has 0 atom stereocenters. The first kappa shape index (κ1) is 27.0. The van der Waals surface area contributed by atoms with Gasteiger partial charge in [-0.3, -0.25) is 9.59 Å². The molecule has 1 saturated heterocycles. The number of anilines is 2. The molecule has 200 valence electrons. The Bertz CT molecular complexity index is 1320. The Morgan fingerprint density at radius 3 is 2.47 bits per heavy atom. The van der Waals surface area contributed by atoms with Crippen LogP contribution in [0.3, 0.4) is 0 Å². The molecule has 2 aromatic carbocycles. The predicted molar refractivity (Wildman–Crippen MR) is 139 cm³/mol. The fourth-order valence-electron chi connectivity index (χ4n) is 4.29. The first-order valence-electron chi connectivity index (χ1n) is 12.2. The minimum atomic E-state index is -4.53. The van der Waals surface area contributed by atoms with Crippen molar-refractivity contribution in [2.24, 2.45) is 0 Å². The van der Waals surface area contributed by atoms with Crippen molar-refractivity contribution in [1.29, 1.82) is 0 Å². The van der Waals surface area contributed by atoms with Gasteiger partial charge in [0.2, 0.25) is 0 Å². The maximum absolute atomic E-state index is 13.1. The maximum atomic E-state index is 13.1. The summed E-state index contributed by atoms with van der Waals surface area (Å²) in [6, 6.07) is 12.9. The van der Waals surface area contributed by atoms with Gasteiger partial charge in [-0.2, -0.15) is 13.2 Å². The third kappa shape index (κ3) is 6.24. The minimum Gasteiger partial charge on any atom is -0.490 e. The molecular formula is C28H29F3N4O3. The number of ether oxygens (including phenoxy) is 1. The lowest BCUT2D eigenvalue weighted by atomic mass is 10.1. The molecule has 0 saturated carbocycles. The Balaban J connectivity index is 1.38. The SMILES string of the molecule is Cc1ccc(NC(=O)c2cccc(C(F)(F)F)c2)cc1OC1CCN(C(=O)c2cccnc2N(C)C)CC1. The van der Waals surface area contributed by atoms with E-state index in [1.54, 1.807) is 41.4 Å². The summed E-state index contributed by atoms with van der Waals surface area (Å²) in [5, 5.41) is 2.65. The number of carbonyl (C=O) groups is 2. The van der Waals surface area contributed by atoms with Crippen LogP contribution in [0, 0.1) is 6.92 Å². The quantitative estimate of drug-likeness (QED) is 0.465. The molecule has 4 rings (SSSR count). The second-order valence-corrected chi connectivity index (χ2v) is 9.39. The highest BCUT2D eigenvalue weighted by Gasteiger charge is 2.31. The van der Waals surface area contributed by atoms with E-state index in [0.717, 1.165) is 17.7 Å². The number of aryl methyl sites for hydroxylation is 1. The van der Waals surface area contributed by atoms with Crippen LogP contribution >= 0.6 is 0 Å². The van der Waals surface area contributed by atoms with Crippen molar-refractivity contribution in [1.82, 2.24) is 9.88 Å². The van der Waals surface area contributed by atoms with Gasteiger partial charge < -0.3 is 19.9 Å². The molecule has 0 radical (unpaired) electrons. The molecule has 1 N–H and O–H groups in total. The van der Waals surface area contributed by atoms with Crippen LogP contribution in [-0.4, -0.2) is 55.0 Å². The molecule has 1 fully saturated rings. The number of aromatic nitrogens is 1. The molecule has 0 unspecified atom stereocenters. The van der Waals surface area contributed by atoms with Gasteiger partial charge in [0, 0.05) is 63.5 Å². The number of nitrogens with one attached hydrogen (secondary N) is 1. The van der Waals surface area contributed by atoms with Gasteiger partial charge in [-0.25, -0.2) is 4.98 Å². The maximum Gasteiger partial charge on any atom is 0.416 e. The molecule has 0 spiro atoms. The van der Waals surface area contributed by atoms with Crippen LogP contribution in [0.2, 0.25) is 0 Å². The monoisotopic (exact) mass is 526 g/mol. The Morgan fingerprint density at radius 1 is 1.05 bits per heavy atom. The second-order valence-electron chi connectivity index (χ2n) is 9.39. The van der Waals surface area contributed by atoms with E-state index in [0.29, 0.717) is 48.7 Å². The molecule has 10 heteroatoms. The lowest BCUT2D eigenvalue weighted by Gasteiger charge is -2.33. The van der Waals surface area contributed by atoms with Gasteiger partial charge in [-0.1, -0.05) is 12.1 Å². The molecule has 2 heterocycles. The molecule has 0 bridgehead atoms. The number of halogens is 3. The van der Waals surface area contributed by atoms with Crippen molar-refractivity contribution in [3.63, 3.8) is 0 Å².